The molecule has 2 aromatic heterocycles. The highest BCUT2D eigenvalue weighted by atomic mass is 32.2. The van der Waals surface area contributed by atoms with Crippen molar-refractivity contribution in [2.45, 2.75) is 32.1 Å². The molecule has 0 spiro atoms. The van der Waals surface area contributed by atoms with Crippen molar-refractivity contribution in [2.24, 2.45) is 0 Å². The number of allylic oxidation sites excluding steroid dienone is 1. The zero-order valence-corrected chi connectivity index (χ0v) is 19.4. The zero-order valence-electron chi connectivity index (χ0n) is 18.5. The Hall–Kier alpha value is -3.45. The van der Waals surface area contributed by atoms with E-state index in [4.69, 9.17) is 0 Å². The van der Waals surface area contributed by atoms with Gasteiger partial charge in [-0.2, -0.15) is 0 Å². The van der Waals surface area contributed by atoms with E-state index in [2.05, 4.69) is 11.6 Å². The Morgan fingerprint density at radius 1 is 1.12 bits per heavy atom. The molecule has 168 valence electrons. The predicted molar refractivity (Wildman–Crippen MR) is 131 cm³/mol. The third-order valence-electron chi connectivity index (χ3n) is 5.60. The van der Waals surface area contributed by atoms with Gasteiger partial charge in [0.15, 0.2) is 10.9 Å². The van der Waals surface area contributed by atoms with Crippen LogP contribution in [0.1, 0.15) is 27.3 Å². The predicted octanol–water partition coefficient (Wildman–Crippen LogP) is 5.16. The van der Waals surface area contributed by atoms with Gasteiger partial charge in [-0.3, -0.25) is 14.2 Å². The average Bonchev–Trinajstić information content (AvgIpc) is 3.09. The normalized spacial score (nSPS) is 11.1. The fourth-order valence-corrected chi connectivity index (χ4v) is 4.75. The van der Waals surface area contributed by atoms with Crippen molar-refractivity contribution >= 4 is 28.4 Å². The maximum absolute atomic E-state index is 13.3. The average molecular weight is 462 g/mol. The highest BCUT2D eigenvalue weighted by Gasteiger charge is 2.18. The first kappa shape index (κ1) is 22.7. The minimum Gasteiger partial charge on any atom is -0.345 e. The number of aromatic nitrogens is 3. The van der Waals surface area contributed by atoms with Crippen molar-refractivity contribution in [3.8, 4) is 0 Å². The van der Waals surface area contributed by atoms with E-state index in [-0.39, 0.29) is 29.5 Å². The van der Waals surface area contributed by atoms with Crippen LogP contribution in [-0.2, 0) is 13.1 Å². The van der Waals surface area contributed by atoms with Crippen molar-refractivity contribution in [2.75, 3.05) is 5.75 Å². The molecule has 0 aliphatic rings. The van der Waals surface area contributed by atoms with Crippen molar-refractivity contribution < 1.29 is 9.18 Å². The summed E-state index contributed by atoms with van der Waals surface area (Å²) in [6, 6.07) is 15.1. The van der Waals surface area contributed by atoms with Gasteiger partial charge in [0.05, 0.1) is 23.2 Å². The number of aryl methyl sites for hydroxylation is 1. The van der Waals surface area contributed by atoms with Gasteiger partial charge in [0.2, 0.25) is 0 Å². The van der Waals surface area contributed by atoms with Gasteiger partial charge in [-0.15, -0.1) is 6.58 Å². The highest BCUT2D eigenvalue weighted by molar-refractivity contribution is 7.99. The topological polar surface area (TPSA) is 56.9 Å². The molecule has 0 unspecified atom stereocenters. The molecular weight excluding hydrogens is 437 g/mol. The zero-order chi connectivity index (χ0) is 23.5. The number of hydrogen-bond acceptors (Lipinski definition) is 4. The Bertz CT molecular complexity index is 1400. The summed E-state index contributed by atoms with van der Waals surface area (Å²) in [6.07, 6.45) is 1.80. The van der Waals surface area contributed by atoms with E-state index in [0.29, 0.717) is 28.2 Å². The minimum absolute atomic E-state index is 0.0286. The van der Waals surface area contributed by atoms with Gasteiger partial charge in [0, 0.05) is 23.5 Å². The number of thioether (sulfide) groups is 1. The summed E-state index contributed by atoms with van der Waals surface area (Å²) in [5.41, 5.74) is 3.72. The van der Waals surface area contributed by atoms with Gasteiger partial charge in [0.1, 0.15) is 5.82 Å². The minimum atomic E-state index is -0.336. The third kappa shape index (κ3) is 4.68. The quantitative estimate of drug-likeness (QED) is 0.157. The lowest BCUT2D eigenvalue weighted by Crippen LogP contribution is -2.24. The number of ketones is 1. The molecule has 0 bridgehead atoms. The summed E-state index contributed by atoms with van der Waals surface area (Å²) in [6.45, 7) is 8.54. The van der Waals surface area contributed by atoms with E-state index in [9.17, 15) is 14.0 Å². The Kier molecular flexibility index (Phi) is 6.60. The van der Waals surface area contributed by atoms with Crippen LogP contribution in [-0.4, -0.2) is 25.7 Å². The van der Waals surface area contributed by atoms with Gasteiger partial charge in [0.25, 0.3) is 5.56 Å². The molecule has 4 rings (SSSR count). The molecule has 2 aromatic carbocycles. The third-order valence-corrected chi connectivity index (χ3v) is 6.58. The van der Waals surface area contributed by atoms with E-state index in [0.717, 1.165) is 17.0 Å². The van der Waals surface area contributed by atoms with Gasteiger partial charge in [-0.05, 0) is 49.7 Å². The molecule has 0 N–H and O–H groups in total. The van der Waals surface area contributed by atoms with Crippen LogP contribution in [0.25, 0.3) is 10.9 Å². The molecule has 33 heavy (non-hydrogen) atoms. The molecule has 0 saturated carbocycles. The molecule has 4 aromatic rings. The van der Waals surface area contributed by atoms with E-state index in [1.165, 1.54) is 23.9 Å². The number of hydrogen-bond donors (Lipinski definition) is 0. The van der Waals surface area contributed by atoms with Crippen LogP contribution in [0.2, 0.25) is 0 Å². The second kappa shape index (κ2) is 9.58. The maximum Gasteiger partial charge on any atom is 0.262 e. The number of para-hydroxylation sites is 1. The summed E-state index contributed by atoms with van der Waals surface area (Å²) >= 11 is 1.24. The fourth-order valence-electron chi connectivity index (χ4n) is 3.87. The number of halogens is 1. The SMILES string of the molecule is C=CCn1c(C)cc(C(=O)CSc2nc3ccccc3c(=O)n2Cc2ccc(F)cc2)c1C. The number of Topliss-reactive ketones (excluding diaryl/α,β-unsaturated/α-hetero) is 1. The first-order chi connectivity index (χ1) is 15.9. The van der Waals surface area contributed by atoms with Crippen molar-refractivity contribution in [3.63, 3.8) is 0 Å². The Morgan fingerprint density at radius 3 is 2.58 bits per heavy atom. The van der Waals surface area contributed by atoms with Crippen LogP contribution in [0.15, 0.2) is 77.2 Å². The number of rotatable bonds is 8. The Morgan fingerprint density at radius 2 is 1.85 bits per heavy atom. The molecule has 0 atom stereocenters. The number of carbonyl (C=O) groups is 1. The molecule has 0 amide bonds. The van der Waals surface area contributed by atoms with Crippen LogP contribution in [0.4, 0.5) is 4.39 Å². The van der Waals surface area contributed by atoms with E-state index in [1.807, 2.05) is 30.5 Å². The van der Waals surface area contributed by atoms with Gasteiger partial charge >= 0.3 is 0 Å². The summed E-state index contributed by atoms with van der Waals surface area (Å²) in [5, 5.41) is 0.958. The van der Waals surface area contributed by atoms with E-state index >= 15 is 0 Å². The Balaban J connectivity index is 1.67. The van der Waals surface area contributed by atoms with Gasteiger partial charge in [-0.1, -0.05) is 42.1 Å². The standard InChI is InChI=1S/C26H24FN3O2S/c1-4-13-29-17(2)14-22(18(29)3)24(31)16-33-26-28-23-8-6-5-7-21(23)25(32)30(26)15-19-9-11-20(27)12-10-19/h4-12,14H,1,13,15-16H2,2-3H3. The first-order valence-electron chi connectivity index (χ1n) is 10.6. The molecule has 0 aliphatic carbocycles. The molecule has 0 fully saturated rings. The smallest absolute Gasteiger partial charge is 0.262 e. The summed E-state index contributed by atoms with van der Waals surface area (Å²) in [4.78, 5) is 31.0. The maximum atomic E-state index is 13.3. The van der Waals surface area contributed by atoms with Crippen LogP contribution in [0.3, 0.4) is 0 Å². The number of fused-ring (bicyclic) bond motifs is 1. The van der Waals surface area contributed by atoms with E-state index < -0.39 is 0 Å². The summed E-state index contributed by atoms with van der Waals surface area (Å²) in [5.74, 6) is -0.219. The molecule has 7 heteroatoms. The molecular formula is C26H24FN3O2S. The molecule has 0 radical (unpaired) electrons. The van der Waals surface area contributed by atoms with E-state index in [1.54, 1.807) is 41.0 Å². The monoisotopic (exact) mass is 461 g/mol. The summed E-state index contributed by atoms with van der Waals surface area (Å²) in [7, 11) is 0. The lowest BCUT2D eigenvalue weighted by atomic mass is 10.2. The van der Waals surface area contributed by atoms with Crippen LogP contribution < -0.4 is 5.56 Å². The van der Waals surface area contributed by atoms with Crippen LogP contribution >= 0.6 is 11.8 Å². The van der Waals surface area contributed by atoms with Gasteiger partial charge in [-0.25, -0.2) is 9.37 Å². The lowest BCUT2D eigenvalue weighted by molar-refractivity contribution is 0.102. The fraction of sp³-hybridized carbons (Fsp3) is 0.192. The van der Waals surface area contributed by atoms with Crippen LogP contribution in [0.5, 0.6) is 0 Å². The molecule has 0 aliphatic heterocycles. The second-order valence-corrected chi connectivity index (χ2v) is 8.77. The highest BCUT2D eigenvalue weighted by Crippen LogP contribution is 2.23. The van der Waals surface area contributed by atoms with Crippen LogP contribution in [0, 0.1) is 19.7 Å². The number of carbonyl (C=O) groups excluding carboxylic acids is 1. The number of benzene rings is 2. The number of nitrogens with zero attached hydrogens (tertiary/aromatic N) is 3. The molecule has 2 heterocycles. The Labute approximate surface area is 195 Å². The van der Waals surface area contributed by atoms with Crippen molar-refractivity contribution in [1.29, 1.82) is 0 Å². The van der Waals surface area contributed by atoms with Gasteiger partial charge < -0.3 is 4.57 Å². The lowest BCUT2D eigenvalue weighted by Gasteiger charge is -2.13. The summed E-state index contributed by atoms with van der Waals surface area (Å²) < 4.78 is 16.9. The molecule has 0 saturated heterocycles. The van der Waals surface area contributed by atoms with Crippen molar-refractivity contribution in [1.82, 2.24) is 14.1 Å². The van der Waals surface area contributed by atoms with Crippen molar-refractivity contribution in [3.05, 3.63) is 106 Å². The largest absolute Gasteiger partial charge is 0.345 e. The second-order valence-electron chi connectivity index (χ2n) is 7.83. The first-order valence-corrected chi connectivity index (χ1v) is 11.5. The molecule has 5 nitrogen and oxygen atoms in total.